The molecule has 3 N–H and O–H groups in total. The van der Waals surface area contributed by atoms with Gasteiger partial charge in [-0.25, -0.2) is 0 Å². The molecule has 0 saturated heterocycles. The summed E-state index contributed by atoms with van der Waals surface area (Å²) in [5.74, 6) is 0. The number of nitrogens with two attached hydrogens (primary N) is 1. The number of rotatable bonds is 5. The molecule has 1 unspecified atom stereocenters. The van der Waals surface area contributed by atoms with E-state index in [9.17, 15) is 20.2 Å². The average Bonchev–Trinajstić information content (AvgIpc) is 2.28. The lowest BCUT2D eigenvalue weighted by atomic mass is 10.2. The molecule has 0 bridgehead atoms. The number of anilines is 1. The van der Waals surface area contributed by atoms with Gasteiger partial charge >= 0.3 is 0 Å². The topological polar surface area (TPSA) is 124 Å². The number of para-hydroxylation sites is 1. The second-order valence-electron chi connectivity index (χ2n) is 3.45. The van der Waals surface area contributed by atoms with Crippen LogP contribution in [0, 0.1) is 20.2 Å². The van der Waals surface area contributed by atoms with E-state index in [4.69, 9.17) is 18.0 Å². The average molecular weight is 270 g/mol. The Morgan fingerprint density at radius 3 is 2.11 bits per heavy atom. The number of hydrogen-bond donors (Lipinski definition) is 2. The predicted molar refractivity (Wildman–Crippen MR) is 69.6 cm³/mol. The molecule has 0 aliphatic rings. The van der Waals surface area contributed by atoms with Gasteiger partial charge in [-0.05, 0) is 13.0 Å². The molecular formula is C9H10N4O4S. The zero-order valence-electron chi connectivity index (χ0n) is 9.32. The summed E-state index contributed by atoms with van der Waals surface area (Å²) in [6, 6.07) is 2.98. The summed E-state index contributed by atoms with van der Waals surface area (Å²) in [5.41, 5.74) is 4.37. The maximum absolute atomic E-state index is 10.8. The second-order valence-corrected chi connectivity index (χ2v) is 3.93. The van der Waals surface area contributed by atoms with Gasteiger partial charge in [0, 0.05) is 12.1 Å². The van der Waals surface area contributed by atoms with Crippen molar-refractivity contribution >= 4 is 34.3 Å². The maximum Gasteiger partial charge on any atom is 0.299 e. The monoisotopic (exact) mass is 270 g/mol. The molecule has 1 aromatic carbocycles. The molecule has 0 fully saturated rings. The lowest BCUT2D eigenvalue weighted by Crippen LogP contribution is -2.31. The van der Waals surface area contributed by atoms with Crippen LogP contribution in [0.25, 0.3) is 0 Å². The quantitative estimate of drug-likeness (QED) is 0.472. The second kappa shape index (κ2) is 5.36. The van der Waals surface area contributed by atoms with E-state index in [1.807, 2.05) is 0 Å². The van der Waals surface area contributed by atoms with Crippen molar-refractivity contribution in [3.8, 4) is 0 Å². The van der Waals surface area contributed by atoms with Crippen LogP contribution in [0.15, 0.2) is 18.2 Å². The highest BCUT2D eigenvalue weighted by Crippen LogP contribution is 2.34. The summed E-state index contributed by atoms with van der Waals surface area (Å²) in [5, 5.41) is 24.2. The minimum absolute atomic E-state index is 0.0578. The number of thiocarbonyl (C=S) groups is 1. The van der Waals surface area contributed by atoms with Crippen molar-refractivity contribution in [2.24, 2.45) is 5.73 Å². The summed E-state index contributed by atoms with van der Waals surface area (Å²) >= 11 is 4.71. The molecular weight excluding hydrogens is 260 g/mol. The van der Waals surface area contributed by atoms with Crippen LogP contribution < -0.4 is 11.1 Å². The van der Waals surface area contributed by atoms with Gasteiger partial charge in [0.25, 0.3) is 11.4 Å². The number of nitro benzene ring substituents is 2. The SMILES string of the molecule is CC(Nc1c([N+](=O)[O-])cccc1[N+](=O)[O-])C(N)=S. The maximum atomic E-state index is 10.8. The lowest BCUT2D eigenvalue weighted by molar-refractivity contribution is -0.392. The van der Waals surface area contributed by atoms with Crippen molar-refractivity contribution in [1.29, 1.82) is 0 Å². The minimum atomic E-state index is -0.707. The van der Waals surface area contributed by atoms with Crippen molar-refractivity contribution in [2.75, 3.05) is 5.32 Å². The van der Waals surface area contributed by atoms with Crippen molar-refractivity contribution in [3.63, 3.8) is 0 Å². The van der Waals surface area contributed by atoms with Crippen molar-refractivity contribution in [3.05, 3.63) is 38.4 Å². The van der Waals surface area contributed by atoms with Gasteiger partial charge in [-0.1, -0.05) is 12.2 Å². The van der Waals surface area contributed by atoms with Crippen LogP contribution in [-0.2, 0) is 0 Å². The first kappa shape index (κ1) is 13.8. The Hall–Kier alpha value is -2.29. The third-order valence-corrected chi connectivity index (χ3v) is 2.56. The summed E-state index contributed by atoms with van der Waals surface area (Å²) < 4.78 is 0. The molecule has 96 valence electrons. The molecule has 1 rings (SSSR count). The molecule has 0 saturated carbocycles. The van der Waals surface area contributed by atoms with Crippen LogP contribution >= 0.6 is 12.2 Å². The van der Waals surface area contributed by atoms with Gasteiger partial charge in [0.05, 0.1) is 20.9 Å². The van der Waals surface area contributed by atoms with Gasteiger partial charge in [0.15, 0.2) is 5.69 Å². The molecule has 0 amide bonds. The summed E-state index contributed by atoms with van der Waals surface area (Å²) in [4.78, 5) is 20.3. The highest BCUT2D eigenvalue weighted by Gasteiger charge is 2.26. The normalized spacial score (nSPS) is 11.6. The molecule has 1 atom stereocenters. The van der Waals surface area contributed by atoms with Gasteiger partial charge in [0.2, 0.25) is 0 Å². The summed E-state index contributed by atoms with van der Waals surface area (Å²) in [7, 11) is 0. The first-order chi connectivity index (χ1) is 8.34. The largest absolute Gasteiger partial charge is 0.392 e. The van der Waals surface area contributed by atoms with Crippen molar-refractivity contribution < 1.29 is 9.85 Å². The van der Waals surface area contributed by atoms with Gasteiger partial charge in [-0.3, -0.25) is 20.2 Å². The fourth-order valence-corrected chi connectivity index (χ4v) is 1.33. The highest BCUT2D eigenvalue weighted by atomic mass is 32.1. The first-order valence-corrected chi connectivity index (χ1v) is 5.23. The smallest absolute Gasteiger partial charge is 0.299 e. The Morgan fingerprint density at radius 1 is 1.33 bits per heavy atom. The van der Waals surface area contributed by atoms with E-state index in [-0.39, 0.29) is 10.7 Å². The van der Waals surface area contributed by atoms with E-state index in [0.717, 1.165) is 0 Å². The molecule has 0 aromatic heterocycles. The lowest BCUT2D eigenvalue weighted by Gasteiger charge is -2.13. The molecule has 0 spiro atoms. The van der Waals surface area contributed by atoms with Gasteiger partial charge < -0.3 is 11.1 Å². The van der Waals surface area contributed by atoms with Crippen molar-refractivity contribution in [1.82, 2.24) is 0 Å². The van der Waals surface area contributed by atoms with Gasteiger partial charge in [0.1, 0.15) is 0 Å². The first-order valence-electron chi connectivity index (χ1n) is 4.82. The predicted octanol–water partition coefficient (Wildman–Crippen LogP) is 1.59. The molecule has 0 heterocycles. The number of hydrogen-bond acceptors (Lipinski definition) is 6. The molecule has 8 nitrogen and oxygen atoms in total. The Bertz CT molecular complexity index is 487. The fraction of sp³-hybridized carbons (Fsp3) is 0.222. The molecule has 0 aliphatic heterocycles. The Labute approximate surface area is 107 Å². The van der Waals surface area contributed by atoms with E-state index in [2.05, 4.69) is 5.32 Å². The van der Waals surface area contributed by atoms with E-state index >= 15 is 0 Å². The Balaban J connectivity index is 3.31. The van der Waals surface area contributed by atoms with Crippen molar-refractivity contribution in [2.45, 2.75) is 13.0 Å². The zero-order chi connectivity index (χ0) is 13.9. The Morgan fingerprint density at radius 2 is 1.78 bits per heavy atom. The van der Waals surface area contributed by atoms with Crippen LogP contribution in [0.3, 0.4) is 0 Å². The van der Waals surface area contributed by atoms with Crippen LogP contribution in [0.2, 0.25) is 0 Å². The summed E-state index contributed by atoms with van der Waals surface area (Å²) in [6.07, 6.45) is 0. The molecule has 1 aromatic rings. The van der Waals surface area contributed by atoms with Gasteiger partial charge in [-0.2, -0.15) is 0 Å². The van der Waals surface area contributed by atoms with E-state index < -0.39 is 27.3 Å². The molecule has 18 heavy (non-hydrogen) atoms. The minimum Gasteiger partial charge on any atom is -0.392 e. The molecule has 0 radical (unpaired) electrons. The van der Waals surface area contributed by atoms with Crippen LogP contribution in [-0.4, -0.2) is 20.9 Å². The summed E-state index contributed by atoms with van der Waals surface area (Å²) in [6.45, 7) is 1.56. The number of nitrogens with one attached hydrogen (secondary N) is 1. The highest BCUT2D eigenvalue weighted by molar-refractivity contribution is 7.80. The molecule has 0 aliphatic carbocycles. The number of benzene rings is 1. The number of nitro groups is 2. The van der Waals surface area contributed by atoms with Crippen LogP contribution in [0.5, 0.6) is 0 Å². The van der Waals surface area contributed by atoms with Gasteiger partial charge in [-0.15, -0.1) is 0 Å². The third-order valence-electron chi connectivity index (χ3n) is 2.20. The molecule has 9 heteroatoms. The fourth-order valence-electron chi connectivity index (χ4n) is 1.27. The third kappa shape index (κ3) is 2.88. The standard InChI is InChI=1S/C9H10N4O4S/c1-5(9(10)18)11-8-6(12(14)15)3-2-4-7(8)13(16)17/h2-5,11H,1H3,(H2,10,18). The van der Waals surface area contributed by atoms with E-state index in [0.29, 0.717) is 0 Å². The van der Waals surface area contributed by atoms with Crippen LogP contribution in [0.1, 0.15) is 6.92 Å². The van der Waals surface area contributed by atoms with E-state index in [1.165, 1.54) is 18.2 Å². The van der Waals surface area contributed by atoms with E-state index in [1.54, 1.807) is 6.92 Å². The zero-order valence-corrected chi connectivity index (χ0v) is 10.1. The Kier molecular flexibility index (Phi) is 4.10. The number of nitrogens with zero attached hydrogens (tertiary/aromatic N) is 2. The van der Waals surface area contributed by atoms with Crippen LogP contribution in [0.4, 0.5) is 17.1 Å².